The Bertz CT molecular complexity index is 452. The van der Waals surface area contributed by atoms with Crippen molar-refractivity contribution in [3.63, 3.8) is 0 Å². The lowest BCUT2D eigenvalue weighted by molar-refractivity contribution is 0.0874. The van der Waals surface area contributed by atoms with Crippen LogP contribution in [0.3, 0.4) is 0 Å². The van der Waals surface area contributed by atoms with Crippen molar-refractivity contribution < 1.29 is 13.5 Å². The van der Waals surface area contributed by atoms with Crippen LogP contribution >= 0.6 is 0 Å². The number of nitrogens with zero attached hydrogens (tertiary/aromatic N) is 1. The van der Waals surface area contributed by atoms with E-state index in [1.807, 2.05) is 13.8 Å². The summed E-state index contributed by atoms with van der Waals surface area (Å²) in [5.74, 6) is -1.10. The molecule has 3 nitrogen and oxygen atoms in total. The highest BCUT2D eigenvalue weighted by Crippen LogP contribution is 2.23. The molecule has 1 aromatic carbocycles. The van der Waals surface area contributed by atoms with Gasteiger partial charge in [0, 0.05) is 31.2 Å². The molecule has 0 atom stereocenters. The van der Waals surface area contributed by atoms with Crippen LogP contribution in [0.25, 0.3) is 0 Å². The molecule has 0 radical (unpaired) electrons. The van der Waals surface area contributed by atoms with Gasteiger partial charge in [-0.05, 0) is 38.8 Å². The first kappa shape index (κ1) is 15.2. The van der Waals surface area contributed by atoms with Gasteiger partial charge in [-0.15, -0.1) is 0 Å². The third-order valence-electron chi connectivity index (χ3n) is 3.35. The maximum absolute atomic E-state index is 13.5. The molecule has 5 heteroatoms. The normalized spacial score (nSPS) is 18.2. The Kier molecular flexibility index (Phi) is 4.60. The van der Waals surface area contributed by atoms with E-state index in [-0.39, 0.29) is 17.4 Å². The molecule has 0 spiro atoms. The van der Waals surface area contributed by atoms with Gasteiger partial charge in [-0.2, -0.15) is 0 Å². The molecule has 112 valence electrons. The van der Waals surface area contributed by atoms with Crippen LogP contribution in [0.4, 0.5) is 8.78 Å². The van der Waals surface area contributed by atoms with E-state index >= 15 is 0 Å². The zero-order chi connectivity index (χ0) is 14.8. The number of halogens is 2. The zero-order valence-corrected chi connectivity index (χ0v) is 12.0. The number of benzene rings is 1. The molecule has 1 saturated heterocycles. The van der Waals surface area contributed by atoms with Crippen LogP contribution in [0.1, 0.15) is 26.7 Å². The summed E-state index contributed by atoms with van der Waals surface area (Å²) in [6, 6.07) is 3.41. The first-order chi connectivity index (χ1) is 9.33. The van der Waals surface area contributed by atoms with E-state index in [2.05, 4.69) is 4.90 Å². The smallest absolute Gasteiger partial charge is 0.167 e. The van der Waals surface area contributed by atoms with Crippen molar-refractivity contribution in [2.75, 3.05) is 19.6 Å². The minimum Gasteiger partial charge on any atom is -0.487 e. The van der Waals surface area contributed by atoms with Gasteiger partial charge in [0.2, 0.25) is 0 Å². The minimum absolute atomic E-state index is 0.0212. The van der Waals surface area contributed by atoms with Gasteiger partial charge in [0.25, 0.3) is 0 Å². The molecule has 0 bridgehead atoms. The quantitative estimate of drug-likeness (QED) is 0.923. The molecule has 1 aliphatic rings. The van der Waals surface area contributed by atoms with Crippen LogP contribution in [-0.4, -0.2) is 36.2 Å². The van der Waals surface area contributed by atoms with E-state index in [1.165, 1.54) is 12.1 Å². The van der Waals surface area contributed by atoms with Crippen LogP contribution in [-0.2, 0) is 0 Å². The molecular formula is C15H22F2N2O. The van der Waals surface area contributed by atoms with Gasteiger partial charge in [-0.25, -0.2) is 8.78 Å². The Hall–Kier alpha value is -1.20. The summed E-state index contributed by atoms with van der Waals surface area (Å²) in [5.41, 5.74) is 5.79. The zero-order valence-electron chi connectivity index (χ0n) is 12.0. The second-order valence-corrected chi connectivity index (χ2v) is 6.16. The third-order valence-corrected chi connectivity index (χ3v) is 3.35. The molecule has 1 aromatic rings. The van der Waals surface area contributed by atoms with Crippen LogP contribution in [0.15, 0.2) is 18.2 Å². The summed E-state index contributed by atoms with van der Waals surface area (Å²) in [6.45, 7) is 6.61. The number of hydrogen-bond donors (Lipinski definition) is 1. The van der Waals surface area contributed by atoms with Crippen molar-refractivity contribution in [3.05, 3.63) is 29.8 Å². The average molecular weight is 284 g/mol. The molecule has 2 rings (SSSR count). The Morgan fingerprint density at radius 2 is 1.95 bits per heavy atom. The maximum Gasteiger partial charge on any atom is 0.167 e. The molecular weight excluding hydrogens is 262 g/mol. The van der Waals surface area contributed by atoms with Gasteiger partial charge in [0.1, 0.15) is 11.9 Å². The van der Waals surface area contributed by atoms with E-state index in [0.717, 1.165) is 38.5 Å². The molecule has 0 saturated carbocycles. The van der Waals surface area contributed by atoms with Crippen molar-refractivity contribution in [1.29, 1.82) is 0 Å². The fraction of sp³-hybridized carbons (Fsp3) is 0.600. The summed E-state index contributed by atoms with van der Waals surface area (Å²) < 4.78 is 32.0. The van der Waals surface area contributed by atoms with Crippen molar-refractivity contribution in [2.45, 2.75) is 38.3 Å². The monoisotopic (exact) mass is 284 g/mol. The van der Waals surface area contributed by atoms with E-state index in [4.69, 9.17) is 10.5 Å². The van der Waals surface area contributed by atoms with E-state index in [1.54, 1.807) is 0 Å². The molecule has 1 fully saturated rings. The summed E-state index contributed by atoms with van der Waals surface area (Å²) in [4.78, 5) is 2.29. The maximum atomic E-state index is 13.5. The van der Waals surface area contributed by atoms with Crippen molar-refractivity contribution in [2.24, 2.45) is 5.73 Å². The summed E-state index contributed by atoms with van der Waals surface area (Å²) >= 11 is 0. The summed E-state index contributed by atoms with van der Waals surface area (Å²) in [6.07, 6.45) is 1.63. The third kappa shape index (κ3) is 4.42. The largest absolute Gasteiger partial charge is 0.487 e. The molecule has 1 heterocycles. The second kappa shape index (κ2) is 6.06. The Balaban J connectivity index is 1.85. The van der Waals surface area contributed by atoms with Crippen LogP contribution in [0, 0.1) is 11.6 Å². The lowest BCUT2D eigenvalue weighted by Crippen LogP contribution is -2.49. The number of ether oxygens (including phenoxy) is 1. The first-order valence-corrected chi connectivity index (χ1v) is 6.96. The molecule has 1 aliphatic heterocycles. The minimum atomic E-state index is -0.643. The first-order valence-electron chi connectivity index (χ1n) is 6.96. The van der Waals surface area contributed by atoms with Gasteiger partial charge < -0.3 is 15.4 Å². The predicted octanol–water partition coefficient (Wildman–Crippen LogP) is 2.55. The Morgan fingerprint density at radius 3 is 2.50 bits per heavy atom. The van der Waals surface area contributed by atoms with E-state index < -0.39 is 11.6 Å². The molecule has 2 N–H and O–H groups in total. The van der Waals surface area contributed by atoms with Gasteiger partial charge >= 0.3 is 0 Å². The summed E-state index contributed by atoms with van der Waals surface area (Å²) in [5, 5.41) is 0. The number of rotatable bonds is 4. The van der Waals surface area contributed by atoms with Gasteiger partial charge in [0.05, 0.1) is 0 Å². The number of nitrogens with two attached hydrogens (primary N) is 1. The highest BCUT2D eigenvalue weighted by molar-refractivity contribution is 5.25. The number of likely N-dealkylation sites (tertiary alicyclic amines) is 1. The van der Waals surface area contributed by atoms with Gasteiger partial charge in [-0.3, -0.25) is 0 Å². The molecule has 0 amide bonds. The van der Waals surface area contributed by atoms with Crippen molar-refractivity contribution in [1.82, 2.24) is 4.90 Å². The van der Waals surface area contributed by atoms with Crippen molar-refractivity contribution in [3.8, 4) is 5.75 Å². The number of piperidine rings is 1. The van der Waals surface area contributed by atoms with Crippen LogP contribution in [0.2, 0.25) is 0 Å². The van der Waals surface area contributed by atoms with Crippen LogP contribution < -0.4 is 10.5 Å². The lowest BCUT2D eigenvalue weighted by Gasteiger charge is -2.35. The Morgan fingerprint density at radius 1 is 1.30 bits per heavy atom. The Labute approximate surface area is 118 Å². The van der Waals surface area contributed by atoms with Gasteiger partial charge in [-0.1, -0.05) is 0 Å². The fourth-order valence-electron chi connectivity index (χ4n) is 2.51. The highest BCUT2D eigenvalue weighted by atomic mass is 19.1. The van der Waals surface area contributed by atoms with E-state index in [0.29, 0.717) is 0 Å². The standard InChI is InChI=1S/C15H22F2N2O/c1-15(2,18)10-19-7-5-12(6-8-19)20-14-4-3-11(16)9-13(14)17/h3-4,9,12H,5-8,10,18H2,1-2H3. The van der Waals surface area contributed by atoms with Crippen LogP contribution in [0.5, 0.6) is 5.75 Å². The molecule has 0 aromatic heterocycles. The molecule has 0 aliphatic carbocycles. The SMILES string of the molecule is CC(C)(N)CN1CCC(Oc2ccc(F)cc2F)CC1. The summed E-state index contributed by atoms with van der Waals surface area (Å²) in [7, 11) is 0. The second-order valence-electron chi connectivity index (χ2n) is 6.16. The molecule has 20 heavy (non-hydrogen) atoms. The van der Waals surface area contributed by atoms with Gasteiger partial charge in [0.15, 0.2) is 11.6 Å². The highest BCUT2D eigenvalue weighted by Gasteiger charge is 2.24. The fourth-order valence-corrected chi connectivity index (χ4v) is 2.51. The molecule has 0 unspecified atom stereocenters. The lowest BCUT2D eigenvalue weighted by atomic mass is 10.0. The number of hydrogen-bond acceptors (Lipinski definition) is 3. The van der Waals surface area contributed by atoms with E-state index in [9.17, 15) is 8.78 Å². The topological polar surface area (TPSA) is 38.5 Å². The predicted molar refractivity (Wildman–Crippen MR) is 74.7 cm³/mol. The average Bonchev–Trinajstić information content (AvgIpc) is 2.33. The van der Waals surface area contributed by atoms with Crippen molar-refractivity contribution >= 4 is 0 Å².